The molecule has 1 saturated heterocycles. The molecular weight excluding hydrogens is 414 g/mol. The molecule has 1 fully saturated rings. The van der Waals surface area contributed by atoms with E-state index in [9.17, 15) is 9.59 Å². The number of carbonyl (C=O) groups is 1. The summed E-state index contributed by atoms with van der Waals surface area (Å²) in [6.45, 7) is 18.1. The van der Waals surface area contributed by atoms with Gasteiger partial charge in [0.2, 0.25) is 0 Å². The topological polar surface area (TPSA) is 74.4 Å². The number of amides is 1. The first-order valence-electron chi connectivity index (χ1n) is 11.9. The van der Waals surface area contributed by atoms with Gasteiger partial charge in [-0.05, 0) is 75.4 Å². The van der Waals surface area contributed by atoms with Crippen LogP contribution in [0.15, 0.2) is 35.6 Å². The van der Waals surface area contributed by atoms with Gasteiger partial charge >= 0.3 is 0 Å². The number of ether oxygens (including phenoxy) is 1. The standard InChI is InChI=1S/C25H33N3O3.C2H6/c1-6-9-28(20-7-10-31-11-8-20)23-13-16(2)12-21(19(23)5)24(29)26-15-22-17(3)14-18(4)27-25(22)30;1-2/h6,12-14,20H,1,7-11,15H2,2-5H3,(H,26,29)(H,27,30);1-2H3. The SMILES string of the molecule is C=CCN(c1cc(C)cc(C(=O)NCc2c(C)cc(C)[nH]c2=O)c1C)C1CCOCC1.CC. The number of hydrogen-bond donors (Lipinski definition) is 2. The zero-order valence-corrected chi connectivity index (χ0v) is 21.0. The summed E-state index contributed by atoms with van der Waals surface area (Å²) in [7, 11) is 0. The van der Waals surface area contributed by atoms with Crippen LogP contribution in [0.1, 0.15) is 65.0 Å². The molecule has 0 bridgehead atoms. The maximum atomic E-state index is 13.1. The van der Waals surface area contributed by atoms with Crippen LogP contribution in [0, 0.1) is 27.7 Å². The maximum Gasteiger partial charge on any atom is 0.253 e. The molecule has 0 atom stereocenters. The lowest BCUT2D eigenvalue weighted by Gasteiger charge is -2.37. The van der Waals surface area contributed by atoms with Crippen LogP contribution in [0.2, 0.25) is 0 Å². The van der Waals surface area contributed by atoms with Crippen LogP contribution in [-0.4, -0.2) is 36.7 Å². The molecular formula is C27H39N3O3. The predicted molar refractivity (Wildman–Crippen MR) is 136 cm³/mol. The molecule has 2 aromatic rings. The van der Waals surface area contributed by atoms with E-state index in [1.807, 2.05) is 59.8 Å². The van der Waals surface area contributed by atoms with Gasteiger partial charge in [-0.2, -0.15) is 0 Å². The summed E-state index contributed by atoms with van der Waals surface area (Å²) < 4.78 is 5.54. The highest BCUT2D eigenvalue weighted by molar-refractivity contribution is 5.97. The summed E-state index contributed by atoms with van der Waals surface area (Å²) in [5, 5.41) is 2.94. The fraction of sp³-hybridized carbons (Fsp3) is 0.481. The van der Waals surface area contributed by atoms with Gasteiger partial charge in [0.1, 0.15) is 0 Å². The van der Waals surface area contributed by atoms with Crippen LogP contribution in [0.5, 0.6) is 0 Å². The number of benzene rings is 1. The highest BCUT2D eigenvalue weighted by atomic mass is 16.5. The average Bonchev–Trinajstić information content (AvgIpc) is 2.80. The first-order valence-corrected chi connectivity index (χ1v) is 11.9. The van der Waals surface area contributed by atoms with Crippen molar-refractivity contribution in [2.45, 2.75) is 67.0 Å². The number of carbonyl (C=O) groups excluding carboxylic acids is 1. The number of aryl methyl sites for hydroxylation is 3. The number of anilines is 1. The predicted octanol–water partition coefficient (Wildman–Crippen LogP) is 4.74. The van der Waals surface area contributed by atoms with Crippen molar-refractivity contribution in [1.29, 1.82) is 0 Å². The Morgan fingerprint density at radius 1 is 1.18 bits per heavy atom. The van der Waals surface area contributed by atoms with E-state index in [1.165, 1.54) is 0 Å². The molecule has 1 aromatic heterocycles. The molecule has 0 saturated carbocycles. The van der Waals surface area contributed by atoms with E-state index in [-0.39, 0.29) is 18.0 Å². The second-order valence-corrected chi connectivity index (χ2v) is 8.37. The lowest BCUT2D eigenvalue weighted by molar-refractivity contribution is 0.0848. The number of rotatable bonds is 7. The van der Waals surface area contributed by atoms with Gasteiger partial charge in [-0.25, -0.2) is 0 Å². The van der Waals surface area contributed by atoms with E-state index in [1.54, 1.807) is 0 Å². The normalized spacial score (nSPS) is 13.6. The van der Waals surface area contributed by atoms with Crippen LogP contribution in [0.25, 0.3) is 0 Å². The summed E-state index contributed by atoms with van der Waals surface area (Å²) in [6.07, 6.45) is 3.82. The zero-order chi connectivity index (χ0) is 24.5. The van der Waals surface area contributed by atoms with Gasteiger partial charge in [0.05, 0.1) is 0 Å². The Morgan fingerprint density at radius 3 is 2.45 bits per heavy atom. The molecule has 6 nitrogen and oxygen atoms in total. The van der Waals surface area contributed by atoms with Crippen LogP contribution >= 0.6 is 0 Å². The molecule has 0 aliphatic carbocycles. The van der Waals surface area contributed by atoms with Crippen molar-refractivity contribution in [2.24, 2.45) is 0 Å². The number of aromatic nitrogens is 1. The molecule has 1 aliphatic rings. The number of aromatic amines is 1. The summed E-state index contributed by atoms with van der Waals surface area (Å²) in [6, 6.07) is 6.33. The van der Waals surface area contributed by atoms with Gasteiger partial charge < -0.3 is 19.9 Å². The minimum absolute atomic E-state index is 0.156. The Labute approximate surface area is 198 Å². The minimum atomic E-state index is -0.174. The summed E-state index contributed by atoms with van der Waals surface area (Å²) >= 11 is 0. The van der Waals surface area contributed by atoms with Crippen molar-refractivity contribution in [3.63, 3.8) is 0 Å². The van der Waals surface area contributed by atoms with Gasteiger partial charge in [-0.1, -0.05) is 19.9 Å². The molecule has 2 N–H and O–H groups in total. The fourth-order valence-electron chi connectivity index (χ4n) is 4.32. The second-order valence-electron chi connectivity index (χ2n) is 8.37. The van der Waals surface area contributed by atoms with Gasteiger partial charge in [0, 0.05) is 54.9 Å². The van der Waals surface area contributed by atoms with Gasteiger partial charge in [-0.3, -0.25) is 9.59 Å². The number of nitrogens with one attached hydrogen (secondary N) is 2. The molecule has 1 amide bonds. The third-order valence-electron chi connectivity index (χ3n) is 5.96. The summed E-state index contributed by atoms with van der Waals surface area (Å²) in [5.41, 5.74) is 5.77. The molecule has 0 unspecified atom stereocenters. The molecule has 2 heterocycles. The average molecular weight is 454 g/mol. The summed E-state index contributed by atoms with van der Waals surface area (Å²) in [5.74, 6) is -0.174. The quantitative estimate of drug-likeness (QED) is 0.594. The van der Waals surface area contributed by atoms with Crippen LogP contribution in [0.3, 0.4) is 0 Å². The zero-order valence-electron chi connectivity index (χ0n) is 21.0. The van der Waals surface area contributed by atoms with E-state index < -0.39 is 0 Å². The minimum Gasteiger partial charge on any atom is -0.381 e. The van der Waals surface area contributed by atoms with E-state index in [2.05, 4.69) is 27.8 Å². The number of hydrogen-bond acceptors (Lipinski definition) is 4. The maximum absolute atomic E-state index is 13.1. The smallest absolute Gasteiger partial charge is 0.253 e. The van der Waals surface area contributed by atoms with Crippen LogP contribution < -0.4 is 15.8 Å². The Hall–Kier alpha value is -2.86. The van der Waals surface area contributed by atoms with Crippen LogP contribution in [0.4, 0.5) is 5.69 Å². The summed E-state index contributed by atoms with van der Waals surface area (Å²) in [4.78, 5) is 30.5. The first kappa shape index (κ1) is 26.4. The molecule has 6 heteroatoms. The van der Waals surface area contributed by atoms with E-state index in [4.69, 9.17) is 4.74 Å². The third-order valence-corrected chi connectivity index (χ3v) is 5.96. The molecule has 180 valence electrons. The van der Waals surface area contributed by atoms with Gasteiger partial charge in [0.25, 0.3) is 11.5 Å². The van der Waals surface area contributed by atoms with E-state index in [0.29, 0.717) is 23.7 Å². The van der Waals surface area contributed by atoms with Crippen molar-refractivity contribution in [3.05, 3.63) is 74.7 Å². The Balaban J connectivity index is 0.00000187. The highest BCUT2D eigenvalue weighted by Crippen LogP contribution is 2.30. The van der Waals surface area contributed by atoms with E-state index in [0.717, 1.165) is 54.1 Å². The molecule has 0 radical (unpaired) electrons. The number of H-pyrrole nitrogens is 1. The van der Waals surface area contributed by atoms with E-state index >= 15 is 0 Å². The van der Waals surface area contributed by atoms with Crippen molar-refractivity contribution < 1.29 is 9.53 Å². The van der Waals surface area contributed by atoms with Crippen molar-refractivity contribution in [2.75, 3.05) is 24.7 Å². The monoisotopic (exact) mass is 453 g/mol. The third kappa shape index (κ3) is 6.57. The highest BCUT2D eigenvalue weighted by Gasteiger charge is 2.24. The van der Waals surface area contributed by atoms with Gasteiger partial charge in [0.15, 0.2) is 0 Å². The van der Waals surface area contributed by atoms with Crippen LogP contribution in [-0.2, 0) is 11.3 Å². The van der Waals surface area contributed by atoms with Crippen molar-refractivity contribution in [3.8, 4) is 0 Å². The van der Waals surface area contributed by atoms with Crippen molar-refractivity contribution in [1.82, 2.24) is 10.3 Å². The lowest BCUT2D eigenvalue weighted by Crippen LogP contribution is -2.40. The first-order chi connectivity index (χ1) is 15.8. The Bertz CT molecular complexity index is 1020. The lowest BCUT2D eigenvalue weighted by atomic mass is 9.98. The fourth-order valence-corrected chi connectivity index (χ4v) is 4.32. The molecule has 0 spiro atoms. The Kier molecular flexibility index (Phi) is 9.92. The molecule has 1 aromatic carbocycles. The molecule has 1 aliphatic heterocycles. The van der Waals surface area contributed by atoms with Crippen molar-refractivity contribution >= 4 is 11.6 Å². The number of pyridine rings is 1. The largest absolute Gasteiger partial charge is 0.381 e. The number of nitrogens with zero attached hydrogens (tertiary/aromatic N) is 1. The van der Waals surface area contributed by atoms with Gasteiger partial charge in [-0.15, -0.1) is 6.58 Å². The molecule has 33 heavy (non-hydrogen) atoms. The molecule has 3 rings (SSSR count). The second kappa shape index (κ2) is 12.4. The Morgan fingerprint density at radius 2 is 1.85 bits per heavy atom.